The molecule has 0 bridgehead atoms. The molecule has 1 aromatic rings. The zero-order valence-corrected chi connectivity index (χ0v) is 12.7. The highest BCUT2D eigenvalue weighted by Gasteiger charge is 2.05. The third-order valence-corrected chi connectivity index (χ3v) is 3.47. The minimum atomic E-state index is 0.788. The van der Waals surface area contributed by atoms with Crippen LogP contribution in [0.25, 0.3) is 0 Å². The molecule has 0 spiro atoms. The van der Waals surface area contributed by atoms with Crippen molar-refractivity contribution in [3.05, 3.63) is 24.3 Å². The van der Waals surface area contributed by atoms with Gasteiger partial charge >= 0.3 is 0 Å². The van der Waals surface area contributed by atoms with Gasteiger partial charge in [-0.15, -0.1) is 0 Å². The Morgan fingerprint density at radius 1 is 1.05 bits per heavy atom. The Morgan fingerprint density at radius 2 is 1.79 bits per heavy atom. The summed E-state index contributed by atoms with van der Waals surface area (Å²) in [5.41, 5.74) is 1.19. The Bertz CT molecular complexity index is 321. The van der Waals surface area contributed by atoms with Crippen molar-refractivity contribution in [1.29, 1.82) is 0 Å². The number of ether oxygens (including phenoxy) is 1. The molecule has 0 aliphatic carbocycles. The Labute approximate surface area is 118 Å². The van der Waals surface area contributed by atoms with Gasteiger partial charge in [0.25, 0.3) is 0 Å². The number of hydrogen-bond acceptors (Lipinski definition) is 2. The van der Waals surface area contributed by atoms with Gasteiger partial charge < -0.3 is 10.1 Å². The maximum absolute atomic E-state index is 5.58. The van der Waals surface area contributed by atoms with Gasteiger partial charge in [-0.3, -0.25) is 0 Å². The molecule has 2 nitrogen and oxygen atoms in total. The molecule has 1 aromatic carbocycles. The molecule has 0 aliphatic heterocycles. The van der Waals surface area contributed by atoms with Crippen LogP contribution in [-0.4, -0.2) is 13.2 Å². The lowest BCUT2D eigenvalue weighted by Gasteiger charge is -2.16. The first-order valence-electron chi connectivity index (χ1n) is 7.76. The summed E-state index contributed by atoms with van der Waals surface area (Å²) in [5.74, 6) is 1.75. The summed E-state index contributed by atoms with van der Waals surface area (Å²) >= 11 is 0. The Morgan fingerprint density at radius 3 is 2.37 bits per heavy atom. The first kappa shape index (κ1) is 15.9. The SMILES string of the molecule is CCCCC(CC)CNc1ccc(OCCC)cc1. The molecule has 0 saturated heterocycles. The van der Waals surface area contributed by atoms with Gasteiger partial charge in [0.05, 0.1) is 6.61 Å². The van der Waals surface area contributed by atoms with Gasteiger partial charge in [0, 0.05) is 12.2 Å². The zero-order chi connectivity index (χ0) is 13.9. The lowest BCUT2D eigenvalue weighted by Crippen LogP contribution is -2.13. The summed E-state index contributed by atoms with van der Waals surface area (Å²) < 4.78 is 5.58. The average Bonchev–Trinajstić information content (AvgIpc) is 2.46. The predicted molar refractivity (Wildman–Crippen MR) is 84.0 cm³/mol. The van der Waals surface area contributed by atoms with Crippen LogP contribution in [0.5, 0.6) is 5.75 Å². The standard InChI is InChI=1S/C17H29NO/c1-4-7-8-15(6-3)14-18-16-9-11-17(12-10-16)19-13-5-2/h9-12,15,18H,4-8,13-14H2,1-3H3. The maximum atomic E-state index is 5.58. The fourth-order valence-corrected chi connectivity index (χ4v) is 2.09. The number of rotatable bonds is 10. The molecule has 0 fully saturated rings. The monoisotopic (exact) mass is 263 g/mol. The van der Waals surface area contributed by atoms with Gasteiger partial charge in [-0.25, -0.2) is 0 Å². The summed E-state index contributed by atoms with van der Waals surface area (Å²) in [7, 11) is 0. The molecule has 0 saturated carbocycles. The van der Waals surface area contributed by atoms with Crippen LogP contribution >= 0.6 is 0 Å². The van der Waals surface area contributed by atoms with Gasteiger partial charge in [-0.05, 0) is 43.0 Å². The van der Waals surface area contributed by atoms with E-state index < -0.39 is 0 Å². The second-order valence-electron chi connectivity index (χ2n) is 5.17. The summed E-state index contributed by atoms with van der Waals surface area (Å²) in [6, 6.07) is 8.31. The average molecular weight is 263 g/mol. The first-order chi connectivity index (χ1) is 9.30. The molecule has 0 radical (unpaired) electrons. The van der Waals surface area contributed by atoms with E-state index in [2.05, 4.69) is 38.2 Å². The minimum absolute atomic E-state index is 0.788. The number of benzene rings is 1. The number of anilines is 1. The molecule has 1 unspecified atom stereocenters. The summed E-state index contributed by atoms with van der Waals surface area (Å²) in [4.78, 5) is 0. The van der Waals surface area contributed by atoms with Crippen molar-refractivity contribution in [2.75, 3.05) is 18.5 Å². The quantitative estimate of drug-likeness (QED) is 0.634. The van der Waals surface area contributed by atoms with Crippen LogP contribution in [0.3, 0.4) is 0 Å². The van der Waals surface area contributed by atoms with E-state index in [-0.39, 0.29) is 0 Å². The fourth-order valence-electron chi connectivity index (χ4n) is 2.09. The van der Waals surface area contributed by atoms with Crippen LogP contribution in [0.1, 0.15) is 52.9 Å². The van der Waals surface area contributed by atoms with Gasteiger partial charge in [0.1, 0.15) is 5.75 Å². The van der Waals surface area contributed by atoms with Crippen LogP contribution in [0.4, 0.5) is 5.69 Å². The molecule has 1 rings (SSSR count). The second-order valence-corrected chi connectivity index (χ2v) is 5.17. The van der Waals surface area contributed by atoms with E-state index in [1.54, 1.807) is 0 Å². The topological polar surface area (TPSA) is 21.3 Å². The molecule has 2 heteroatoms. The van der Waals surface area contributed by atoms with E-state index in [0.29, 0.717) is 0 Å². The van der Waals surface area contributed by atoms with Gasteiger partial charge in [-0.1, -0.05) is 40.0 Å². The molecular formula is C17H29NO. The van der Waals surface area contributed by atoms with Crippen LogP contribution in [0.2, 0.25) is 0 Å². The van der Waals surface area contributed by atoms with E-state index in [4.69, 9.17) is 4.74 Å². The molecule has 108 valence electrons. The van der Waals surface area contributed by atoms with Gasteiger partial charge in [0.2, 0.25) is 0 Å². The maximum Gasteiger partial charge on any atom is 0.119 e. The van der Waals surface area contributed by atoms with E-state index in [1.165, 1.54) is 31.4 Å². The summed E-state index contributed by atoms with van der Waals surface area (Å²) in [5, 5.41) is 3.53. The third-order valence-electron chi connectivity index (χ3n) is 3.47. The summed E-state index contributed by atoms with van der Waals surface area (Å²) in [6.07, 6.45) is 6.27. The Hall–Kier alpha value is -1.18. The molecule has 1 atom stereocenters. The number of nitrogens with one attached hydrogen (secondary N) is 1. The van der Waals surface area contributed by atoms with Gasteiger partial charge in [-0.2, -0.15) is 0 Å². The van der Waals surface area contributed by atoms with Crippen molar-refractivity contribution in [2.45, 2.75) is 52.9 Å². The number of unbranched alkanes of at least 4 members (excludes halogenated alkanes) is 1. The van der Waals surface area contributed by atoms with Crippen molar-refractivity contribution in [3.63, 3.8) is 0 Å². The second kappa shape index (κ2) is 9.71. The molecule has 19 heavy (non-hydrogen) atoms. The van der Waals surface area contributed by atoms with E-state index in [0.717, 1.165) is 31.2 Å². The van der Waals surface area contributed by atoms with Crippen molar-refractivity contribution < 1.29 is 4.74 Å². The van der Waals surface area contributed by atoms with Crippen molar-refractivity contribution in [3.8, 4) is 5.75 Å². The van der Waals surface area contributed by atoms with Crippen molar-refractivity contribution in [1.82, 2.24) is 0 Å². The van der Waals surface area contributed by atoms with Crippen LogP contribution < -0.4 is 10.1 Å². The highest BCUT2D eigenvalue weighted by molar-refractivity contribution is 5.46. The van der Waals surface area contributed by atoms with Crippen molar-refractivity contribution in [2.24, 2.45) is 5.92 Å². The highest BCUT2D eigenvalue weighted by Crippen LogP contribution is 2.18. The zero-order valence-electron chi connectivity index (χ0n) is 12.7. The molecule has 0 aliphatic rings. The van der Waals surface area contributed by atoms with E-state index >= 15 is 0 Å². The first-order valence-corrected chi connectivity index (χ1v) is 7.76. The van der Waals surface area contributed by atoms with Crippen LogP contribution in [-0.2, 0) is 0 Å². The molecular weight excluding hydrogens is 234 g/mol. The van der Waals surface area contributed by atoms with Crippen molar-refractivity contribution >= 4 is 5.69 Å². The fraction of sp³-hybridized carbons (Fsp3) is 0.647. The highest BCUT2D eigenvalue weighted by atomic mass is 16.5. The van der Waals surface area contributed by atoms with E-state index in [9.17, 15) is 0 Å². The Kier molecular flexibility index (Phi) is 8.11. The lowest BCUT2D eigenvalue weighted by atomic mass is 9.99. The third kappa shape index (κ3) is 6.51. The molecule has 0 amide bonds. The predicted octanol–water partition coefficient (Wildman–Crippen LogP) is 5.10. The molecule has 0 aromatic heterocycles. The smallest absolute Gasteiger partial charge is 0.119 e. The normalized spacial score (nSPS) is 12.2. The van der Waals surface area contributed by atoms with Gasteiger partial charge in [0.15, 0.2) is 0 Å². The lowest BCUT2D eigenvalue weighted by molar-refractivity contribution is 0.317. The largest absolute Gasteiger partial charge is 0.494 e. The molecule has 0 heterocycles. The molecule has 1 N–H and O–H groups in total. The van der Waals surface area contributed by atoms with E-state index in [1.807, 2.05) is 12.1 Å². The van der Waals surface area contributed by atoms with Crippen LogP contribution in [0, 0.1) is 5.92 Å². The minimum Gasteiger partial charge on any atom is -0.494 e. The number of hydrogen-bond donors (Lipinski definition) is 1. The van der Waals surface area contributed by atoms with Crippen LogP contribution in [0.15, 0.2) is 24.3 Å². The Balaban J connectivity index is 2.35. The summed E-state index contributed by atoms with van der Waals surface area (Å²) in [6.45, 7) is 8.53.